The van der Waals surface area contributed by atoms with Crippen LogP contribution in [-0.4, -0.2) is 21.5 Å². The Kier molecular flexibility index (Phi) is 5.39. The van der Waals surface area contributed by atoms with Crippen molar-refractivity contribution in [2.75, 3.05) is 0 Å². The largest absolute Gasteiger partial charge is 0.350 e. The molecular weight excluding hydrogens is 350 g/mol. The molecule has 1 amide bonds. The van der Waals surface area contributed by atoms with Gasteiger partial charge in [0.05, 0.1) is 28.5 Å². The van der Waals surface area contributed by atoms with E-state index in [2.05, 4.69) is 44.7 Å². The number of thiophene rings is 1. The van der Waals surface area contributed by atoms with E-state index in [9.17, 15) is 4.79 Å². The van der Waals surface area contributed by atoms with Crippen LogP contribution in [0.4, 0.5) is 0 Å². The predicted octanol–water partition coefficient (Wildman–Crippen LogP) is 4.87. The number of thiazole rings is 1. The Morgan fingerprint density at radius 2 is 2.16 bits per heavy atom. The first-order valence-electron chi connectivity index (χ1n) is 8.45. The molecule has 25 heavy (non-hydrogen) atoms. The molecule has 1 atom stereocenters. The number of rotatable bonds is 6. The Morgan fingerprint density at radius 1 is 1.36 bits per heavy atom. The number of carbonyl (C=O) groups excluding carboxylic acids is 1. The van der Waals surface area contributed by atoms with Crippen molar-refractivity contribution in [3.63, 3.8) is 0 Å². The molecule has 3 aromatic rings. The monoisotopic (exact) mass is 373 g/mol. The lowest BCUT2D eigenvalue weighted by molar-refractivity contribution is 0.0938. The van der Waals surface area contributed by atoms with E-state index in [-0.39, 0.29) is 11.9 Å². The Labute approximate surface area is 156 Å². The highest BCUT2D eigenvalue weighted by Crippen LogP contribution is 2.29. The third-order valence-corrected chi connectivity index (χ3v) is 6.01. The Balaban J connectivity index is 2.03. The number of aromatic nitrogens is 2. The lowest BCUT2D eigenvalue weighted by Crippen LogP contribution is -2.32. The van der Waals surface area contributed by atoms with Gasteiger partial charge in [-0.15, -0.1) is 22.7 Å². The van der Waals surface area contributed by atoms with Gasteiger partial charge in [0.15, 0.2) is 0 Å². The summed E-state index contributed by atoms with van der Waals surface area (Å²) in [6.07, 6.45) is 0.916. The number of aryl methyl sites for hydroxylation is 1. The van der Waals surface area contributed by atoms with Crippen molar-refractivity contribution in [2.24, 2.45) is 0 Å². The topological polar surface area (TPSA) is 46.9 Å². The fourth-order valence-corrected chi connectivity index (χ4v) is 4.03. The fraction of sp³-hybridized carbons (Fsp3) is 0.368. The van der Waals surface area contributed by atoms with Crippen LogP contribution >= 0.6 is 22.7 Å². The predicted molar refractivity (Wildman–Crippen MR) is 106 cm³/mol. The summed E-state index contributed by atoms with van der Waals surface area (Å²) in [5.74, 6) is -0.00928. The average molecular weight is 374 g/mol. The standard InChI is InChI=1S/C19H23N3OS2/c1-5-12(2)20-19(23)16-9-18(17-11-25-14(4)21-17)22(13(16)3)10-15-7-6-8-24-15/h6-9,11-12H,5,10H2,1-4H3,(H,20,23). The lowest BCUT2D eigenvalue weighted by Gasteiger charge is -2.12. The van der Waals surface area contributed by atoms with E-state index in [1.165, 1.54) is 4.88 Å². The molecule has 1 N–H and O–H groups in total. The third kappa shape index (κ3) is 3.85. The summed E-state index contributed by atoms with van der Waals surface area (Å²) in [4.78, 5) is 18.6. The summed E-state index contributed by atoms with van der Waals surface area (Å²) in [5.41, 5.74) is 3.65. The van der Waals surface area contributed by atoms with Crippen LogP contribution in [0.25, 0.3) is 11.4 Å². The van der Waals surface area contributed by atoms with Crippen molar-refractivity contribution in [1.82, 2.24) is 14.9 Å². The zero-order chi connectivity index (χ0) is 18.0. The summed E-state index contributed by atoms with van der Waals surface area (Å²) in [5, 5.41) is 8.25. The van der Waals surface area contributed by atoms with Crippen molar-refractivity contribution in [3.8, 4) is 11.4 Å². The summed E-state index contributed by atoms with van der Waals surface area (Å²) in [6, 6.07) is 6.33. The van der Waals surface area contributed by atoms with Gasteiger partial charge in [0, 0.05) is 22.0 Å². The number of hydrogen-bond acceptors (Lipinski definition) is 4. The molecule has 0 fully saturated rings. The molecule has 4 nitrogen and oxygen atoms in total. The summed E-state index contributed by atoms with van der Waals surface area (Å²) >= 11 is 3.36. The normalized spacial score (nSPS) is 12.3. The molecular formula is C19H23N3OS2. The summed E-state index contributed by atoms with van der Waals surface area (Å²) in [6.45, 7) is 8.88. The molecule has 0 aliphatic carbocycles. The van der Waals surface area contributed by atoms with Crippen LogP contribution in [0.15, 0.2) is 29.0 Å². The van der Waals surface area contributed by atoms with Crippen molar-refractivity contribution >= 4 is 28.6 Å². The van der Waals surface area contributed by atoms with Gasteiger partial charge in [0.1, 0.15) is 0 Å². The number of carbonyl (C=O) groups is 1. The van der Waals surface area contributed by atoms with E-state index in [4.69, 9.17) is 0 Å². The summed E-state index contributed by atoms with van der Waals surface area (Å²) < 4.78 is 2.20. The first kappa shape index (κ1) is 17.9. The van der Waals surface area contributed by atoms with Crippen LogP contribution in [0.1, 0.15) is 46.2 Å². The van der Waals surface area contributed by atoms with Gasteiger partial charge in [-0.25, -0.2) is 4.98 Å². The Hall–Kier alpha value is -1.92. The minimum Gasteiger partial charge on any atom is -0.350 e. The van der Waals surface area contributed by atoms with Crippen molar-refractivity contribution in [3.05, 3.63) is 50.1 Å². The smallest absolute Gasteiger partial charge is 0.253 e. The van der Waals surface area contributed by atoms with Crippen molar-refractivity contribution in [1.29, 1.82) is 0 Å². The Morgan fingerprint density at radius 3 is 2.76 bits per heavy atom. The van der Waals surface area contributed by atoms with Gasteiger partial charge in [-0.3, -0.25) is 4.79 Å². The van der Waals surface area contributed by atoms with Gasteiger partial charge in [-0.1, -0.05) is 13.0 Å². The van der Waals surface area contributed by atoms with Crippen LogP contribution in [0.2, 0.25) is 0 Å². The minimum atomic E-state index is -0.00928. The molecule has 0 bridgehead atoms. The van der Waals surface area contributed by atoms with E-state index in [1.54, 1.807) is 22.7 Å². The third-order valence-electron chi connectivity index (χ3n) is 4.38. The highest BCUT2D eigenvalue weighted by atomic mass is 32.1. The molecule has 3 rings (SSSR count). The zero-order valence-corrected chi connectivity index (χ0v) is 16.6. The molecule has 0 aliphatic rings. The molecule has 0 aliphatic heterocycles. The van der Waals surface area contributed by atoms with E-state index in [0.717, 1.165) is 40.6 Å². The van der Waals surface area contributed by atoms with Gasteiger partial charge >= 0.3 is 0 Å². The number of hydrogen-bond donors (Lipinski definition) is 1. The maximum atomic E-state index is 12.7. The van der Waals surface area contributed by atoms with Crippen LogP contribution in [0.5, 0.6) is 0 Å². The van der Waals surface area contributed by atoms with E-state index >= 15 is 0 Å². The average Bonchev–Trinajstić information content (AvgIpc) is 3.30. The molecule has 0 saturated heterocycles. The second kappa shape index (κ2) is 7.54. The molecule has 0 radical (unpaired) electrons. The molecule has 1 unspecified atom stereocenters. The van der Waals surface area contributed by atoms with Gasteiger partial charge < -0.3 is 9.88 Å². The zero-order valence-electron chi connectivity index (χ0n) is 15.0. The minimum absolute atomic E-state index is 0.00928. The molecule has 132 valence electrons. The van der Waals surface area contributed by atoms with Gasteiger partial charge in [-0.05, 0) is 44.7 Å². The van der Waals surface area contributed by atoms with Crippen LogP contribution < -0.4 is 5.32 Å². The first-order chi connectivity index (χ1) is 12.0. The Bertz CT molecular complexity index is 862. The number of nitrogens with one attached hydrogen (secondary N) is 1. The molecule has 6 heteroatoms. The fourth-order valence-electron chi connectivity index (χ4n) is 2.73. The van der Waals surface area contributed by atoms with Gasteiger partial charge in [0.25, 0.3) is 5.91 Å². The van der Waals surface area contributed by atoms with E-state index in [1.807, 2.05) is 26.8 Å². The maximum absolute atomic E-state index is 12.7. The second-order valence-corrected chi connectivity index (χ2v) is 8.32. The highest BCUT2D eigenvalue weighted by molar-refractivity contribution is 7.10. The van der Waals surface area contributed by atoms with Crippen LogP contribution in [0.3, 0.4) is 0 Å². The lowest BCUT2D eigenvalue weighted by atomic mass is 10.2. The van der Waals surface area contributed by atoms with Gasteiger partial charge in [-0.2, -0.15) is 0 Å². The molecule has 0 spiro atoms. The molecule has 0 aromatic carbocycles. The summed E-state index contributed by atoms with van der Waals surface area (Å²) in [7, 11) is 0. The van der Waals surface area contributed by atoms with Gasteiger partial charge in [0.2, 0.25) is 0 Å². The van der Waals surface area contributed by atoms with Crippen molar-refractivity contribution < 1.29 is 4.79 Å². The maximum Gasteiger partial charge on any atom is 0.253 e. The number of nitrogens with zero attached hydrogens (tertiary/aromatic N) is 2. The highest BCUT2D eigenvalue weighted by Gasteiger charge is 2.21. The van der Waals surface area contributed by atoms with Crippen LogP contribution in [0, 0.1) is 13.8 Å². The molecule has 0 saturated carbocycles. The van der Waals surface area contributed by atoms with Crippen LogP contribution in [-0.2, 0) is 6.54 Å². The molecule has 3 aromatic heterocycles. The van der Waals surface area contributed by atoms with Crippen molar-refractivity contribution in [2.45, 2.75) is 46.7 Å². The van der Waals surface area contributed by atoms with E-state index < -0.39 is 0 Å². The first-order valence-corrected chi connectivity index (χ1v) is 10.2. The quantitative estimate of drug-likeness (QED) is 0.670. The second-order valence-electron chi connectivity index (χ2n) is 6.23. The molecule has 3 heterocycles. The number of amides is 1. The SMILES string of the molecule is CCC(C)NC(=O)c1cc(-c2csc(C)n2)n(Cc2cccs2)c1C. The van der Waals surface area contributed by atoms with E-state index in [0.29, 0.717) is 0 Å².